The largest absolute Gasteiger partial charge is 0.467 e. The van der Waals surface area contributed by atoms with Crippen LogP contribution in [0.15, 0.2) is 56.7 Å². The number of benzene rings is 1. The highest BCUT2D eigenvalue weighted by Crippen LogP contribution is 2.25. The summed E-state index contributed by atoms with van der Waals surface area (Å²) in [7, 11) is 0. The lowest BCUT2D eigenvalue weighted by molar-refractivity contribution is -0.118. The zero-order chi connectivity index (χ0) is 20.8. The first-order valence-corrected chi connectivity index (χ1v) is 10.6. The third-order valence-electron chi connectivity index (χ3n) is 4.05. The number of nitrogens with zero attached hydrogens (tertiary/aromatic N) is 3. The lowest BCUT2D eigenvalue weighted by atomic mass is 10.3. The molecule has 1 aromatic carbocycles. The molecule has 1 atom stereocenters. The Morgan fingerprint density at radius 3 is 2.69 bits per heavy atom. The molecule has 0 aliphatic carbocycles. The molecule has 0 saturated heterocycles. The Bertz CT molecular complexity index is 972. The minimum absolute atomic E-state index is 0.149. The Labute approximate surface area is 180 Å². The second-order valence-corrected chi connectivity index (χ2v) is 8.51. The van der Waals surface area contributed by atoms with E-state index in [0.29, 0.717) is 29.6 Å². The Morgan fingerprint density at radius 1 is 1.28 bits per heavy atom. The molecule has 0 saturated carbocycles. The molecule has 0 fully saturated rings. The molecule has 3 rings (SSSR count). The van der Waals surface area contributed by atoms with Gasteiger partial charge in [-0.1, -0.05) is 27.7 Å². The summed E-state index contributed by atoms with van der Waals surface area (Å²) >= 11 is 4.66. The van der Waals surface area contributed by atoms with Crippen molar-refractivity contribution in [1.29, 1.82) is 0 Å². The van der Waals surface area contributed by atoms with Crippen LogP contribution >= 0.6 is 27.7 Å². The number of nitrogens with one attached hydrogen (secondary N) is 1. The van der Waals surface area contributed by atoms with E-state index < -0.39 is 11.2 Å². The number of halogens is 1. The van der Waals surface area contributed by atoms with Crippen molar-refractivity contribution < 1.29 is 14.0 Å². The molecule has 29 heavy (non-hydrogen) atoms. The Hall–Kier alpha value is -2.59. The molecule has 152 valence electrons. The van der Waals surface area contributed by atoms with Crippen LogP contribution in [0.25, 0.3) is 0 Å². The third kappa shape index (κ3) is 5.94. The summed E-state index contributed by atoms with van der Waals surface area (Å²) in [6.45, 7) is 2.20. The molecule has 0 radical (unpaired) electrons. The van der Waals surface area contributed by atoms with Crippen molar-refractivity contribution in [2.45, 2.75) is 36.7 Å². The molecule has 0 aliphatic rings. The van der Waals surface area contributed by atoms with Crippen LogP contribution < -0.4 is 11.1 Å². The van der Waals surface area contributed by atoms with Crippen molar-refractivity contribution in [3.63, 3.8) is 0 Å². The average Bonchev–Trinajstić information content (AvgIpc) is 3.33. The van der Waals surface area contributed by atoms with Gasteiger partial charge in [-0.2, -0.15) is 0 Å². The van der Waals surface area contributed by atoms with E-state index in [1.165, 1.54) is 11.8 Å². The topological polar surface area (TPSA) is 116 Å². The number of carbonyl (C=O) groups excluding carboxylic acids is 2. The number of anilines is 1. The maximum atomic E-state index is 12.6. The molecule has 1 unspecified atom stereocenters. The highest BCUT2D eigenvalue weighted by molar-refractivity contribution is 9.10. The predicted molar refractivity (Wildman–Crippen MR) is 113 cm³/mol. The number of furan rings is 1. The van der Waals surface area contributed by atoms with E-state index in [9.17, 15) is 9.59 Å². The Kier molecular flexibility index (Phi) is 7.10. The van der Waals surface area contributed by atoms with E-state index in [0.717, 1.165) is 10.2 Å². The van der Waals surface area contributed by atoms with Gasteiger partial charge in [0.1, 0.15) is 11.6 Å². The van der Waals surface area contributed by atoms with E-state index >= 15 is 0 Å². The fourth-order valence-electron chi connectivity index (χ4n) is 2.53. The number of thioether (sulfide) groups is 1. The second kappa shape index (κ2) is 9.75. The second-order valence-electron chi connectivity index (χ2n) is 6.29. The lowest BCUT2D eigenvalue weighted by Gasteiger charge is -2.13. The molecule has 2 heterocycles. The van der Waals surface area contributed by atoms with Crippen molar-refractivity contribution in [2.24, 2.45) is 5.73 Å². The summed E-state index contributed by atoms with van der Waals surface area (Å²) in [5, 5.41) is 11.4. The van der Waals surface area contributed by atoms with Gasteiger partial charge >= 0.3 is 0 Å². The molecule has 3 N–H and O–H groups in total. The summed E-state index contributed by atoms with van der Waals surface area (Å²) in [6, 6.07) is 11.0. The number of aryl methyl sites for hydroxylation is 1. The summed E-state index contributed by atoms with van der Waals surface area (Å²) in [5.74, 6) is 0.778. The van der Waals surface area contributed by atoms with E-state index in [2.05, 4.69) is 31.4 Å². The van der Waals surface area contributed by atoms with Crippen LogP contribution in [0.4, 0.5) is 5.69 Å². The SMILES string of the molecule is CC(Sc1nnc(CCC(N)=O)n1Cc1ccco1)C(=O)Nc1ccc(Br)cc1. The van der Waals surface area contributed by atoms with Gasteiger partial charge in [-0.05, 0) is 43.3 Å². The Morgan fingerprint density at radius 2 is 2.03 bits per heavy atom. The number of nitrogens with two attached hydrogens (primary N) is 1. The minimum atomic E-state index is -0.415. The molecule has 0 aliphatic heterocycles. The van der Waals surface area contributed by atoms with Gasteiger partial charge in [0.05, 0.1) is 18.1 Å². The van der Waals surface area contributed by atoms with Crippen molar-refractivity contribution >= 4 is 45.2 Å². The van der Waals surface area contributed by atoms with Crippen LogP contribution in [0.1, 0.15) is 24.9 Å². The summed E-state index contributed by atoms with van der Waals surface area (Å²) in [6.07, 6.45) is 2.12. The van der Waals surface area contributed by atoms with E-state index in [1.807, 2.05) is 34.9 Å². The number of carbonyl (C=O) groups is 2. The monoisotopic (exact) mass is 477 g/mol. The number of rotatable bonds is 9. The standard InChI is InChI=1S/C19H20BrN5O3S/c1-12(18(27)22-14-6-4-13(20)5-7-14)29-19-24-23-17(9-8-16(21)26)25(19)11-15-3-2-10-28-15/h2-7,10,12H,8-9,11H2,1H3,(H2,21,26)(H,22,27). The molecule has 0 spiro atoms. The first kappa shape index (κ1) is 21.1. The third-order valence-corrected chi connectivity index (χ3v) is 5.65. The molecular formula is C19H20BrN5O3S. The van der Waals surface area contributed by atoms with E-state index in [1.54, 1.807) is 19.3 Å². The van der Waals surface area contributed by atoms with Crippen LogP contribution in [0, 0.1) is 0 Å². The number of aromatic nitrogens is 3. The van der Waals surface area contributed by atoms with Crippen molar-refractivity contribution in [1.82, 2.24) is 14.8 Å². The van der Waals surface area contributed by atoms with Crippen molar-refractivity contribution in [2.75, 3.05) is 5.32 Å². The first-order valence-electron chi connectivity index (χ1n) is 8.88. The minimum Gasteiger partial charge on any atom is -0.467 e. The molecule has 10 heteroatoms. The normalized spacial score (nSPS) is 11.9. The fraction of sp³-hybridized carbons (Fsp3) is 0.263. The van der Waals surface area contributed by atoms with Gasteiger partial charge in [-0.15, -0.1) is 10.2 Å². The van der Waals surface area contributed by atoms with Crippen LogP contribution in [0.5, 0.6) is 0 Å². The van der Waals surface area contributed by atoms with Crippen LogP contribution in [0.2, 0.25) is 0 Å². The zero-order valence-corrected chi connectivity index (χ0v) is 18.1. The molecule has 0 bridgehead atoms. The average molecular weight is 478 g/mol. The van der Waals surface area contributed by atoms with Crippen molar-refractivity contribution in [3.05, 3.63) is 58.7 Å². The summed E-state index contributed by atoms with van der Waals surface area (Å²) in [4.78, 5) is 23.7. The van der Waals surface area contributed by atoms with Gasteiger partial charge in [0.2, 0.25) is 11.8 Å². The number of hydrogen-bond donors (Lipinski definition) is 2. The van der Waals surface area contributed by atoms with Gasteiger partial charge in [0.25, 0.3) is 0 Å². The highest BCUT2D eigenvalue weighted by Gasteiger charge is 2.21. The molecule has 2 aromatic heterocycles. The van der Waals surface area contributed by atoms with Gasteiger partial charge in [-0.25, -0.2) is 0 Å². The lowest BCUT2D eigenvalue weighted by Crippen LogP contribution is -2.23. The Balaban J connectivity index is 1.73. The highest BCUT2D eigenvalue weighted by atomic mass is 79.9. The van der Waals surface area contributed by atoms with Gasteiger partial charge in [0, 0.05) is 23.0 Å². The molecule has 2 amide bonds. The number of primary amides is 1. The maximum absolute atomic E-state index is 12.6. The van der Waals surface area contributed by atoms with Gasteiger partial charge in [0.15, 0.2) is 5.16 Å². The summed E-state index contributed by atoms with van der Waals surface area (Å²) in [5.41, 5.74) is 5.97. The first-order chi connectivity index (χ1) is 13.9. The summed E-state index contributed by atoms with van der Waals surface area (Å²) < 4.78 is 8.20. The van der Waals surface area contributed by atoms with Gasteiger partial charge in [-0.3, -0.25) is 14.2 Å². The van der Waals surface area contributed by atoms with E-state index in [4.69, 9.17) is 10.2 Å². The fourth-order valence-corrected chi connectivity index (χ4v) is 3.66. The van der Waals surface area contributed by atoms with Gasteiger partial charge < -0.3 is 15.5 Å². The van der Waals surface area contributed by atoms with Crippen LogP contribution in [-0.4, -0.2) is 31.8 Å². The van der Waals surface area contributed by atoms with E-state index in [-0.39, 0.29) is 12.3 Å². The molecule has 8 nitrogen and oxygen atoms in total. The molecule has 3 aromatic rings. The van der Waals surface area contributed by atoms with Crippen LogP contribution in [-0.2, 0) is 22.6 Å². The smallest absolute Gasteiger partial charge is 0.237 e. The quantitative estimate of drug-likeness (QED) is 0.457. The van der Waals surface area contributed by atoms with Crippen molar-refractivity contribution in [3.8, 4) is 0 Å². The molecular weight excluding hydrogens is 458 g/mol. The van der Waals surface area contributed by atoms with Crippen LogP contribution in [0.3, 0.4) is 0 Å². The zero-order valence-electron chi connectivity index (χ0n) is 15.7. The number of amides is 2. The maximum Gasteiger partial charge on any atom is 0.237 e. The predicted octanol–water partition coefficient (Wildman–Crippen LogP) is 3.22. The number of hydrogen-bond acceptors (Lipinski definition) is 6.